The highest BCUT2D eigenvalue weighted by Gasteiger charge is 2.46. The molecule has 2 N–H and O–H groups in total. The van der Waals surface area contributed by atoms with Gasteiger partial charge in [-0.3, -0.25) is 0 Å². The Labute approximate surface area is 199 Å². The zero-order chi connectivity index (χ0) is 23.1. The van der Waals surface area contributed by atoms with Crippen LogP contribution in [0.15, 0.2) is 127 Å². The summed E-state index contributed by atoms with van der Waals surface area (Å²) in [6.45, 7) is 0. The molecule has 0 saturated carbocycles. The van der Waals surface area contributed by atoms with E-state index < -0.39 is 12.5 Å². The summed E-state index contributed by atoms with van der Waals surface area (Å²) in [5, 5.41) is 19.6. The first-order valence-electron chi connectivity index (χ1n) is 11.5. The van der Waals surface area contributed by atoms with Crippen LogP contribution in [-0.4, -0.2) is 17.2 Å². The molecular formula is C31H23BO2. The molecule has 0 saturated heterocycles. The quantitative estimate of drug-likeness (QED) is 0.362. The Morgan fingerprint density at radius 3 is 1.74 bits per heavy atom. The summed E-state index contributed by atoms with van der Waals surface area (Å²) in [5.74, 6) is 0. The van der Waals surface area contributed by atoms with Gasteiger partial charge >= 0.3 is 7.12 Å². The minimum atomic E-state index is -1.50. The van der Waals surface area contributed by atoms with Gasteiger partial charge in [-0.25, -0.2) is 0 Å². The first-order chi connectivity index (χ1) is 16.7. The lowest BCUT2D eigenvalue weighted by molar-refractivity contribution is 0.426. The van der Waals surface area contributed by atoms with Crippen LogP contribution >= 0.6 is 0 Å². The second kappa shape index (κ2) is 8.14. The first kappa shape index (κ1) is 20.7. The molecule has 0 amide bonds. The number of rotatable bonds is 4. The van der Waals surface area contributed by atoms with Gasteiger partial charge in [0.2, 0.25) is 0 Å². The van der Waals surface area contributed by atoms with E-state index in [9.17, 15) is 10.0 Å². The van der Waals surface area contributed by atoms with Gasteiger partial charge in [0.15, 0.2) is 0 Å². The number of hydrogen-bond donors (Lipinski definition) is 2. The molecule has 0 spiro atoms. The van der Waals surface area contributed by atoms with Gasteiger partial charge in [0.25, 0.3) is 0 Å². The molecule has 6 rings (SSSR count). The normalized spacial score (nSPS) is 13.2. The van der Waals surface area contributed by atoms with E-state index in [0.29, 0.717) is 5.46 Å². The molecule has 5 aromatic rings. The summed E-state index contributed by atoms with van der Waals surface area (Å²) >= 11 is 0. The Kier molecular flexibility index (Phi) is 4.95. The Morgan fingerprint density at radius 1 is 0.500 bits per heavy atom. The van der Waals surface area contributed by atoms with Gasteiger partial charge in [-0.2, -0.15) is 0 Å². The lowest BCUT2D eigenvalue weighted by Gasteiger charge is -2.34. The van der Waals surface area contributed by atoms with E-state index in [-0.39, 0.29) is 0 Å². The van der Waals surface area contributed by atoms with Crippen molar-refractivity contribution in [1.29, 1.82) is 0 Å². The SMILES string of the molecule is OB(O)c1cccc(-c2cccc3c2-c2ccccc2C3(c2ccccc2)c2ccccc2)c1. The average molecular weight is 438 g/mol. The summed E-state index contributed by atoms with van der Waals surface area (Å²) < 4.78 is 0. The maximum absolute atomic E-state index is 9.78. The lowest BCUT2D eigenvalue weighted by atomic mass is 9.67. The van der Waals surface area contributed by atoms with Crippen LogP contribution in [0.5, 0.6) is 0 Å². The van der Waals surface area contributed by atoms with Crippen molar-refractivity contribution in [2.24, 2.45) is 0 Å². The molecule has 2 nitrogen and oxygen atoms in total. The van der Waals surface area contributed by atoms with Crippen LogP contribution < -0.4 is 5.46 Å². The molecule has 0 aliphatic heterocycles. The fraction of sp³-hybridized carbons (Fsp3) is 0.0323. The molecule has 1 aliphatic carbocycles. The third-order valence-electron chi connectivity index (χ3n) is 6.98. The summed E-state index contributed by atoms with van der Waals surface area (Å²) in [6, 6.07) is 44.1. The van der Waals surface area contributed by atoms with Crippen molar-refractivity contribution in [2.75, 3.05) is 0 Å². The van der Waals surface area contributed by atoms with Gasteiger partial charge in [0, 0.05) is 0 Å². The molecular weight excluding hydrogens is 415 g/mol. The van der Waals surface area contributed by atoms with Crippen LogP contribution in [0, 0.1) is 0 Å². The monoisotopic (exact) mass is 438 g/mol. The molecule has 0 aromatic heterocycles. The van der Waals surface area contributed by atoms with Crippen molar-refractivity contribution in [3.63, 3.8) is 0 Å². The van der Waals surface area contributed by atoms with Crippen molar-refractivity contribution in [1.82, 2.24) is 0 Å². The minimum absolute atomic E-state index is 0.446. The summed E-state index contributed by atoms with van der Waals surface area (Å²) in [6.07, 6.45) is 0. The van der Waals surface area contributed by atoms with Gasteiger partial charge < -0.3 is 10.0 Å². The zero-order valence-corrected chi connectivity index (χ0v) is 18.6. The van der Waals surface area contributed by atoms with Crippen LogP contribution in [0.25, 0.3) is 22.3 Å². The summed E-state index contributed by atoms with van der Waals surface area (Å²) in [7, 11) is -1.50. The summed E-state index contributed by atoms with van der Waals surface area (Å²) in [4.78, 5) is 0. The third kappa shape index (κ3) is 2.98. The molecule has 5 aromatic carbocycles. The highest BCUT2D eigenvalue weighted by atomic mass is 16.4. The van der Waals surface area contributed by atoms with E-state index in [0.717, 1.165) is 11.1 Å². The molecule has 1 aliphatic rings. The minimum Gasteiger partial charge on any atom is -0.423 e. The maximum Gasteiger partial charge on any atom is 0.488 e. The van der Waals surface area contributed by atoms with E-state index in [4.69, 9.17) is 0 Å². The smallest absolute Gasteiger partial charge is 0.423 e. The number of fused-ring (bicyclic) bond motifs is 3. The topological polar surface area (TPSA) is 40.5 Å². The average Bonchev–Trinajstić information content (AvgIpc) is 3.21. The van der Waals surface area contributed by atoms with Crippen molar-refractivity contribution in [2.45, 2.75) is 5.41 Å². The summed E-state index contributed by atoms with van der Waals surface area (Å²) in [5.41, 5.74) is 9.43. The molecule has 0 radical (unpaired) electrons. The van der Waals surface area contributed by atoms with Crippen LogP contribution in [0.2, 0.25) is 0 Å². The molecule has 0 bridgehead atoms. The zero-order valence-electron chi connectivity index (χ0n) is 18.6. The van der Waals surface area contributed by atoms with E-state index in [1.165, 1.54) is 33.4 Å². The predicted molar refractivity (Wildman–Crippen MR) is 139 cm³/mol. The Bertz CT molecular complexity index is 1440. The lowest BCUT2D eigenvalue weighted by Crippen LogP contribution is -2.29. The fourth-order valence-corrected chi connectivity index (χ4v) is 5.60. The molecule has 0 atom stereocenters. The molecule has 162 valence electrons. The molecule has 0 heterocycles. The number of hydrogen-bond acceptors (Lipinski definition) is 2. The second-order valence-corrected chi connectivity index (χ2v) is 8.75. The molecule has 34 heavy (non-hydrogen) atoms. The standard InChI is InChI=1S/C31H23BO2/c33-32(34)25-16-9-11-22(21-25)26-18-10-20-29-30(26)27-17-7-8-19-28(27)31(29,23-12-3-1-4-13-23)24-14-5-2-6-15-24/h1-21,33-34H. The van der Waals surface area contributed by atoms with Gasteiger partial charge in [-0.15, -0.1) is 0 Å². The van der Waals surface area contributed by atoms with Crippen LogP contribution in [0.1, 0.15) is 22.3 Å². The van der Waals surface area contributed by atoms with E-state index in [1.54, 1.807) is 6.07 Å². The van der Waals surface area contributed by atoms with Crippen LogP contribution in [-0.2, 0) is 5.41 Å². The second-order valence-electron chi connectivity index (χ2n) is 8.75. The van der Waals surface area contributed by atoms with E-state index in [1.807, 2.05) is 18.2 Å². The Morgan fingerprint density at radius 2 is 1.06 bits per heavy atom. The maximum atomic E-state index is 9.78. The van der Waals surface area contributed by atoms with Crippen molar-refractivity contribution < 1.29 is 10.0 Å². The highest BCUT2D eigenvalue weighted by Crippen LogP contribution is 2.58. The largest absolute Gasteiger partial charge is 0.488 e. The van der Waals surface area contributed by atoms with Gasteiger partial charge in [0.05, 0.1) is 5.41 Å². The predicted octanol–water partition coefficient (Wildman–Crippen LogP) is 5.40. The number of benzene rings is 5. The van der Waals surface area contributed by atoms with Gasteiger partial charge in [0.1, 0.15) is 0 Å². The molecule has 3 heteroatoms. The van der Waals surface area contributed by atoms with Gasteiger partial charge in [-0.1, -0.05) is 127 Å². The van der Waals surface area contributed by atoms with Crippen molar-refractivity contribution >= 4 is 12.6 Å². The highest BCUT2D eigenvalue weighted by molar-refractivity contribution is 6.58. The Balaban J connectivity index is 1.74. The van der Waals surface area contributed by atoms with E-state index >= 15 is 0 Å². The van der Waals surface area contributed by atoms with Crippen molar-refractivity contribution in [3.8, 4) is 22.3 Å². The molecule has 0 unspecified atom stereocenters. The first-order valence-corrected chi connectivity index (χ1v) is 11.5. The van der Waals surface area contributed by atoms with Crippen LogP contribution in [0.3, 0.4) is 0 Å². The third-order valence-corrected chi connectivity index (χ3v) is 6.98. The van der Waals surface area contributed by atoms with Gasteiger partial charge in [-0.05, 0) is 50.0 Å². The fourth-order valence-electron chi connectivity index (χ4n) is 5.60. The van der Waals surface area contributed by atoms with E-state index in [2.05, 4.69) is 103 Å². The Hall–Kier alpha value is -3.92. The molecule has 0 fully saturated rings. The van der Waals surface area contributed by atoms with Crippen LogP contribution in [0.4, 0.5) is 0 Å². The van der Waals surface area contributed by atoms with Crippen molar-refractivity contribution in [3.05, 3.63) is 150 Å².